The van der Waals surface area contributed by atoms with Gasteiger partial charge in [-0.3, -0.25) is 18.5 Å². The molecule has 0 aliphatic heterocycles. The van der Waals surface area contributed by atoms with Crippen molar-refractivity contribution in [2.75, 3.05) is 0 Å². The number of carbonyl (C=O) groups is 1. The van der Waals surface area contributed by atoms with Crippen LogP contribution in [-0.4, -0.2) is 29.5 Å². The Morgan fingerprint density at radius 1 is 1.11 bits per heavy atom. The average molecular weight is 530 g/mol. The molecule has 4 aromatic rings. The highest BCUT2D eigenvalue weighted by atomic mass is 19.4. The molecule has 1 atom stereocenters. The fraction of sp³-hybridized carbons (Fsp3) is 0.280. The number of benzene rings is 2. The summed E-state index contributed by atoms with van der Waals surface area (Å²) in [6.07, 6.45) is -5.52. The zero-order chi connectivity index (χ0) is 27.5. The maximum atomic E-state index is 13.7. The first-order chi connectivity index (χ1) is 17.9. The van der Waals surface area contributed by atoms with E-state index >= 15 is 0 Å². The van der Waals surface area contributed by atoms with Gasteiger partial charge in [-0.2, -0.15) is 13.2 Å². The van der Waals surface area contributed by atoms with Gasteiger partial charge in [-0.05, 0) is 55.2 Å². The number of imidazole rings is 1. The first-order valence-corrected chi connectivity index (χ1v) is 11.6. The van der Waals surface area contributed by atoms with Crippen molar-refractivity contribution in [3.63, 3.8) is 0 Å². The van der Waals surface area contributed by atoms with Gasteiger partial charge in [0.05, 0.1) is 34.5 Å². The monoisotopic (exact) mass is 530 g/mol. The van der Waals surface area contributed by atoms with Gasteiger partial charge in [0.2, 0.25) is 5.75 Å². The van der Waals surface area contributed by atoms with Crippen molar-refractivity contribution in [1.29, 1.82) is 0 Å². The van der Waals surface area contributed by atoms with Gasteiger partial charge in [0.1, 0.15) is 0 Å². The van der Waals surface area contributed by atoms with E-state index in [9.17, 15) is 37.5 Å². The van der Waals surface area contributed by atoms with E-state index < -0.39 is 40.9 Å². The first kappa shape index (κ1) is 25.1. The third-order valence-electron chi connectivity index (χ3n) is 6.86. The van der Waals surface area contributed by atoms with Gasteiger partial charge in [-0.1, -0.05) is 12.1 Å². The highest BCUT2D eigenvalue weighted by Gasteiger charge is 2.38. The molecule has 0 bridgehead atoms. The van der Waals surface area contributed by atoms with Crippen LogP contribution in [0.2, 0.25) is 0 Å². The van der Waals surface area contributed by atoms with Crippen LogP contribution in [0.15, 0.2) is 57.0 Å². The van der Waals surface area contributed by atoms with E-state index in [0.717, 1.165) is 21.4 Å². The lowest BCUT2D eigenvalue weighted by atomic mass is 10.0. The summed E-state index contributed by atoms with van der Waals surface area (Å²) in [5.41, 5.74) is -1.73. The van der Waals surface area contributed by atoms with E-state index in [-0.39, 0.29) is 35.3 Å². The maximum absolute atomic E-state index is 13.7. The molecular weight excluding hydrogens is 509 g/mol. The molecule has 1 aliphatic rings. The Bertz CT molecular complexity index is 1790. The molecule has 0 fully saturated rings. The standard InChI is InChI=1S/C25H21F3N4O6/c1-3-30-19-11-13(7-9-18(19)29(2)22(30)34)31-12-20(38-24(36)37)21(33)32(23(31)35)17-10-8-14-15(17)5-4-6-16(14)25(26,27)28/h4-7,9,11-12,17H,3,8,10H2,1-2H3,(H,36,37)/t17-/m1/s1. The molecule has 0 radical (unpaired) electrons. The second kappa shape index (κ2) is 8.78. The van der Waals surface area contributed by atoms with Crippen molar-refractivity contribution in [2.45, 2.75) is 38.5 Å². The Hall–Kier alpha value is -4.55. The SMILES string of the molecule is CCn1c(=O)n(C)c2ccc(-n3cc(OC(=O)O)c(=O)n([C@@H]4CCc5c4cccc5C(F)(F)F)c3=O)cc21. The Morgan fingerprint density at radius 3 is 2.50 bits per heavy atom. The zero-order valence-corrected chi connectivity index (χ0v) is 20.2. The Labute approximate surface area is 211 Å². The van der Waals surface area contributed by atoms with Crippen LogP contribution in [-0.2, 0) is 26.2 Å². The molecule has 0 saturated heterocycles. The Morgan fingerprint density at radius 2 is 1.84 bits per heavy atom. The van der Waals surface area contributed by atoms with Gasteiger partial charge in [0.25, 0.3) is 5.56 Å². The lowest BCUT2D eigenvalue weighted by molar-refractivity contribution is -0.138. The van der Waals surface area contributed by atoms with Crippen molar-refractivity contribution in [1.82, 2.24) is 18.3 Å². The minimum absolute atomic E-state index is 0.0151. The second-order valence-electron chi connectivity index (χ2n) is 8.87. The average Bonchev–Trinajstić information content (AvgIpc) is 3.38. The van der Waals surface area contributed by atoms with E-state index in [0.29, 0.717) is 17.6 Å². The maximum Gasteiger partial charge on any atom is 0.511 e. The molecule has 2 aromatic carbocycles. The number of nitrogens with zero attached hydrogens (tertiary/aromatic N) is 4. The van der Waals surface area contributed by atoms with Crippen molar-refractivity contribution in [3.8, 4) is 11.4 Å². The van der Waals surface area contributed by atoms with Gasteiger partial charge in [-0.15, -0.1) is 0 Å². The zero-order valence-electron chi connectivity index (χ0n) is 20.2. The van der Waals surface area contributed by atoms with Gasteiger partial charge in [0.15, 0.2) is 0 Å². The number of halogens is 3. The van der Waals surface area contributed by atoms with Gasteiger partial charge in [0, 0.05) is 13.6 Å². The van der Waals surface area contributed by atoms with Crippen molar-refractivity contribution in [3.05, 3.63) is 90.6 Å². The first-order valence-electron chi connectivity index (χ1n) is 11.6. The number of alkyl halides is 3. The molecule has 198 valence electrons. The van der Waals surface area contributed by atoms with Crippen molar-refractivity contribution in [2.24, 2.45) is 7.05 Å². The summed E-state index contributed by atoms with van der Waals surface area (Å²) < 4.78 is 50.1. The summed E-state index contributed by atoms with van der Waals surface area (Å²) in [4.78, 5) is 50.8. The predicted molar refractivity (Wildman–Crippen MR) is 129 cm³/mol. The number of hydrogen-bond donors (Lipinski definition) is 1. The minimum Gasteiger partial charge on any atom is -0.449 e. The fourth-order valence-corrected chi connectivity index (χ4v) is 5.19. The summed E-state index contributed by atoms with van der Waals surface area (Å²) in [5, 5.41) is 9.18. The highest BCUT2D eigenvalue weighted by Crippen LogP contribution is 2.41. The number of fused-ring (bicyclic) bond motifs is 2. The second-order valence-corrected chi connectivity index (χ2v) is 8.87. The molecule has 38 heavy (non-hydrogen) atoms. The van der Waals surface area contributed by atoms with E-state index in [1.165, 1.54) is 33.4 Å². The molecule has 10 nitrogen and oxygen atoms in total. The van der Waals surface area contributed by atoms with Crippen LogP contribution in [0.3, 0.4) is 0 Å². The Balaban J connectivity index is 1.77. The molecule has 0 saturated carbocycles. The highest BCUT2D eigenvalue weighted by molar-refractivity contribution is 5.78. The van der Waals surface area contributed by atoms with Crippen LogP contribution in [0.1, 0.15) is 36.1 Å². The molecule has 0 amide bonds. The predicted octanol–water partition coefficient (Wildman–Crippen LogP) is 3.28. The number of hydrogen-bond acceptors (Lipinski definition) is 5. The lowest BCUT2D eigenvalue weighted by Crippen LogP contribution is -2.42. The summed E-state index contributed by atoms with van der Waals surface area (Å²) in [6, 6.07) is 7.11. The van der Waals surface area contributed by atoms with Gasteiger partial charge >= 0.3 is 23.7 Å². The van der Waals surface area contributed by atoms with Gasteiger partial charge in [-0.25, -0.2) is 19.0 Å². The van der Waals surface area contributed by atoms with E-state index in [4.69, 9.17) is 0 Å². The molecule has 2 aromatic heterocycles. The lowest BCUT2D eigenvalue weighted by Gasteiger charge is -2.19. The van der Waals surface area contributed by atoms with Crippen LogP contribution < -0.4 is 21.7 Å². The van der Waals surface area contributed by atoms with E-state index in [2.05, 4.69) is 4.74 Å². The summed E-state index contributed by atoms with van der Waals surface area (Å²) >= 11 is 0. The quantitative estimate of drug-likeness (QED) is 0.405. The van der Waals surface area contributed by atoms with E-state index in [1.807, 2.05) is 0 Å². The minimum atomic E-state index is -4.63. The van der Waals surface area contributed by atoms with Crippen molar-refractivity contribution >= 4 is 17.2 Å². The molecule has 1 aliphatic carbocycles. The van der Waals surface area contributed by atoms with Crippen molar-refractivity contribution < 1.29 is 27.8 Å². The summed E-state index contributed by atoms with van der Waals surface area (Å²) in [7, 11) is 1.59. The molecule has 1 N–H and O–H groups in total. The molecule has 0 spiro atoms. The number of carboxylic acid groups (broad SMARTS) is 1. The number of aromatic nitrogens is 4. The van der Waals surface area contributed by atoms with E-state index in [1.54, 1.807) is 20.0 Å². The van der Waals surface area contributed by atoms with Crippen LogP contribution >= 0.6 is 0 Å². The topological polar surface area (TPSA) is 117 Å². The van der Waals surface area contributed by atoms with Crippen LogP contribution in [0.4, 0.5) is 18.0 Å². The number of aryl methyl sites for hydroxylation is 2. The Kier molecular flexibility index (Phi) is 5.80. The van der Waals surface area contributed by atoms with Gasteiger partial charge < -0.3 is 9.84 Å². The summed E-state index contributed by atoms with van der Waals surface area (Å²) in [5.74, 6) is -0.696. The van der Waals surface area contributed by atoms with Crippen LogP contribution in [0, 0.1) is 0 Å². The molecular formula is C25H21F3N4O6. The molecule has 5 rings (SSSR count). The van der Waals surface area contributed by atoms with Crippen LogP contribution in [0.25, 0.3) is 16.7 Å². The third kappa shape index (κ3) is 3.81. The largest absolute Gasteiger partial charge is 0.511 e. The number of rotatable bonds is 4. The van der Waals surface area contributed by atoms with Crippen LogP contribution in [0.5, 0.6) is 5.75 Å². The normalized spacial score (nSPS) is 15.1. The smallest absolute Gasteiger partial charge is 0.449 e. The fourth-order valence-electron chi connectivity index (χ4n) is 5.19. The molecule has 2 heterocycles. The molecule has 0 unspecified atom stereocenters. The summed E-state index contributed by atoms with van der Waals surface area (Å²) in [6.45, 7) is 2.10. The molecule has 13 heteroatoms. The third-order valence-corrected chi connectivity index (χ3v) is 6.86. The number of ether oxygens (including phenoxy) is 1.